The highest BCUT2D eigenvalue weighted by molar-refractivity contribution is 9.10. The molecule has 2 aromatic rings. The Morgan fingerprint density at radius 2 is 2.05 bits per heavy atom. The smallest absolute Gasteiger partial charge is 0.251 e. The normalized spacial score (nSPS) is 10.3. The van der Waals surface area contributed by atoms with Crippen molar-refractivity contribution in [1.82, 2.24) is 5.32 Å². The molecule has 0 saturated carbocycles. The zero-order valence-corrected chi connectivity index (χ0v) is 14.0. The molecule has 0 aliphatic carbocycles. The van der Waals surface area contributed by atoms with Crippen LogP contribution >= 0.6 is 38.9 Å². The van der Waals surface area contributed by atoms with E-state index in [9.17, 15) is 4.79 Å². The number of nitrogens with one attached hydrogen (secondary N) is 2. The van der Waals surface area contributed by atoms with Crippen molar-refractivity contribution in [2.45, 2.75) is 13.5 Å². The number of halogens is 2. The van der Waals surface area contributed by atoms with Gasteiger partial charge in [0, 0.05) is 33.7 Å². The van der Waals surface area contributed by atoms with Gasteiger partial charge in [0.25, 0.3) is 5.91 Å². The van der Waals surface area contributed by atoms with Gasteiger partial charge in [-0.05, 0) is 53.2 Å². The van der Waals surface area contributed by atoms with Crippen molar-refractivity contribution in [2.24, 2.45) is 0 Å². The minimum Gasteiger partial charge on any atom is -0.380 e. The molecule has 20 heavy (non-hydrogen) atoms. The maximum absolute atomic E-state index is 11.6. The van der Waals surface area contributed by atoms with E-state index in [2.05, 4.69) is 26.6 Å². The van der Waals surface area contributed by atoms with E-state index in [4.69, 9.17) is 11.6 Å². The summed E-state index contributed by atoms with van der Waals surface area (Å²) in [5.74, 6) is -0.0481. The number of benzene rings is 1. The van der Waals surface area contributed by atoms with Crippen LogP contribution in [0.1, 0.15) is 22.2 Å². The minimum absolute atomic E-state index is 0.0481. The molecule has 106 valence electrons. The van der Waals surface area contributed by atoms with Crippen molar-refractivity contribution in [2.75, 3.05) is 11.9 Å². The average molecular weight is 374 g/mol. The lowest BCUT2D eigenvalue weighted by Gasteiger charge is -2.06. The highest BCUT2D eigenvalue weighted by Gasteiger charge is 2.05. The number of carbonyl (C=O) groups is 1. The molecule has 3 nitrogen and oxygen atoms in total. The molecule has 0 aliphatic heterocycles. The molecule has 0 bridgehead atoms. The van der Waals surface area contributed by atoms with Crippen LogP contribution in [0.25, 0.3) is 0 Å². The van der Waals surface area contributed by atoms with Gasteiger partial charge in [-0.3, -0.25) is 4.79 Å². The molecule has 2 N–H and O–H groups in total. The molecule has 6 heteroatoms. The van der Waals surface area contributed by atoms with Crippen molar-refractivity contribution in [3.63, 3.8) is 0 Å². The third-order valence-corrected chi connectivity index (χ3v) is 5.12. The third kappa shape index (κ3) is 3.98. The van der Waals surface area contributed by atoms with E-state index in [0.717, 1.165) is 19.4 Å². The van der Waals surface area contributed by atoms with Crippen LogP contribution in [0.5, 0.6) is 0 Å². The summed E-state index contributed by atoms with van der Waals surface area (Å²) in [4.78, 5) is 12.8. The molecule has 0 radical (unpaired) electrons. The zero-order chi connectivity index (χ0) is 14.5. The van der Waals surface area contributed by atoms with Crippen LogP contribution in [0, 0.1) is 0 Å². The molecule has 1 aromatic carbocycles. The Morgan fingerprint density at radius 1 is 1.35 bits per heavy atom. The topological polar surface area (TPSA) is 41.1 Å². The highest BCUT2D eigenvalue weighted by atomic mass is 79.9. The molecular weight excluding hydrogens is 360 g/mol. The second-order valence-corrected chi connectivity index (χ2v) is 6.72. The fourth-order valence-electron chi connectivity index (χ4n) is 1.67. The number of amides is 1. The van der Waals surface area contributed by atoms with Gasteiger partial charge in [0.2, 0.25) is 0 Å². The van der Waals surface area contributed by atoms with Gasteiger partial charge >= 0.3 is 0 Å². The molecule has 2 rings (SSSR count). The lowest BCUT2D eigenvalue weighted by molar-refractivity contribution is 0.0956. The van der Waals surface area contributed by atoms with Crippen LogP contribution in [0.3, 0.4) is 0 Å². The van der Waals surface area contributed by atoms with Gasteiger partial charge in [0.1, 0.15) is 4.34 Å². The van der Waals surface area contributed by atoms with Gasteiger partial charge in [-0.2, -0.15) is 0 Å². The maximum Gasteiger partial charge on any atom is 0.251 e. The lowest BCUT2D eigenvalue weighted by atomic mass is 10.2. The predicted octanol–water partition coefficient (Wildman–Crippen LogP) is 4.53. The summed E-state index contributed by atoms with van der Waals surface area (Å²) >= 11 is 10.9. The summed E-state index contributed by atoms with van der Waals surface area (Å²) in [5.41, 5.74) is 1.64. The summed E-state index contributed by atoms with van der Waals surface area (Å²) in [7, 11) is 0. The van der Waals surface area contributed by atoms with Crippen LogP contribution in [-0.4, -0.2) is 12.5 Å². The molecule has 0 aliphatic rings. The number of hydrogen-bond donors (Lipinski definition) is 2. The largest absolute Gasteiger partial charge is 0.380 e. The van der Waals surface area contributed by atoms with Gasteiger partial charge in [0.15, 0.2) is 0 Å². The van der Waals surface area contributed by atoms with Crippen LogP contribution in [0.4, 0.5) is 5.69 Å². The number of rotatable bonds is 5. The van der Waals surface area contributed by atoms with E-state index in [-0.39, 0.29) is 5.91 Å². The average Bonchev–Trinajstić information content (AvgIpc) is 2.76. The van der Waals surface area contributed by atoms with Gasteiger partial charge in [-0.15, -0.1) is 11.3 Å². The van der Waals surface area contributed by atoms with Gasteiger partial charge in [-0.1, -0.05) is 11.6 Å². The van der Waals surface area contributed by atoms with Gasteiger partial charge < -0.3 is 10.6 Å². The van der Waals surface area contributed by atoms with Gasteiger partial charge in [-0.25, -0.2) is 0 Å². The van der Waals surface area contributed by atoms with Crippen molar-refractivity contribution in [3.8, 4) is 0 Å². The zero-order valence-electron chi connectivity index (χ0n) is 10.9. The third-order valence-electron chi connectivity index (χ3n) is 2.65. The standard InChI is InChI=1S/C14H14BrClN2OS/c1-2-17-14(19)9-3-5-10(6-4-9)18-8-11-7-12(15)13(16)20-11/h3-7,18H,2,8H2,1H3,(H,17,19). The molecule has 1 amide bonds. The number of anilines is 1. The molecule has 1 heterocycles. The van der Waals surface area contributed by atoms with Crippen LogP contribution in [0.15, 0.2) is 34.8 Å². The molecule has 0 unspecified atom stereocenters. The Hall–Kier alpha value is -1.04. The first kappa shape index (κ1) is 15.4. The first-order chi connectivity index (χ1) is 9.60. The minimum atomic E-state index is -0.0481. The summed E-state index contributed by atoms with van der Waals surface area (Å²) in [6, 6.07) is 9.42. The number of hydrogen-bond acceptors (Lipinski definition) is 3. The molecule has 0 atom stereocenters. The van der Waals surface area contributed by atoms with Crippen molar-refractivity contribution < 1.29 is 4.79 Å². The Kier molecular flexibility index (Phi) is 5.46. The maximum atomic E-state index is 11.6. The van der Waals surface area contributed by atoms with Crippen LogP contribution < -0.4 is 10.6 Å². The van der Waals surface area contributed by atoms with Crippen molar-refractivity contribution >= 4 is 50.5 Å². The predicted molar refractivity (Wildman–Crippen MR) is 88.8 cm³/mol. The first-order valence-corrected chi connectivity index (χ1v) is 8.14. The van der Waals surface area contributed by atoms with Crippen LogP contribution in [-0.2, 0) is 6.54 Å². The molecule has 0 spiro atoms. The summed E-state index contributed by atoms with van der Waals surface area (Å²) in [5, 5.41) is 6.07. The summed E-state index contributed by atoms with van der Waals surface area (Å²) < 4.78 is 1.68. The fourth-order valence-corrected chi connectivity index (χ4v) is 3.40. The SMILES string of the molecule is CCNC(=O)c1ccc(NCc2cc(Br)c(Cl)s2)cc1. The second kappa shape index (κ2) is 7.11. The van der Waals surface area contributed by atoms with Crippen molar-refractivity contribution in [1.29, 1.82) is 0 Å². The highest BCUT2D eigenvalue weighted by Crippen LogP contribution is 2.32. The van der Waals surface area contributed by atoms with E-state index in [1.54, 1.807) is 11.3 Å². The first-order valence-electron chi connectivity index (χ1n) is 6.16. The monoisotopic (exact) mass is 372 g/mol. The Morgan fingerprint density at radius 3 is 2.60 bits per heavy atom. The number of thiophene rings is 1. The quantitative estimate of drug-likeness (QED) is 0.808. The second-order valence-electron chi connectivity index (χ2n) is 4.12. The van der Waals surface area contributed by atoms with Crippen LogP contribution in [0.2, 0.25) is 4.34 Å². The summed E-state index contributed by atoms with van der Waals surface area (Å²) in [6.45, 7) is 3.24. The number of carbonyl (C=O) groups excluding carboxylic acids is 1. The van der Waals surface area contributed by atoms with Crippen molar-refractivity contribution in [3.05, 3.63) is 49.6 Å². The Balaban J connectivity index is 1.95. The molecule has 0 saturated heterocycles. The summed E-state index contributed by atoms with van der Waals surface area (Å²) in [6.07, 6.45) is 0. The van der Waals surface area contributed by atoms with E-state index < -0.39 is 0 Å². The Labute approximate surface area is 135 Å². The van der Waals surface area contributed by atoms with E-state index >= 15 is 0 Å². The fraction of sp³-hybridized carbons (Fsp3) is 0.214. The van der Waals surface area contributed by atoms with Gasteiger partial charge in [0.05, 0.1) is 0 Å². The van der Waals surface area contributed by atoms with E-state index in [1.807, 2.05) is 37.3 Å². The Bertz CT molecular complexity index is 578. The van der Waals surface area contributed by atoms with E-state index in [1.165, 1.54) is 0 Å². The van der Waals surface area contributed by atoms with E-state index in [0.29, 0.717) is 18.7 Å². The molecule has 1 aromatic heterocycles. The lowest BCUT2D eigenvalue weighted by Crippen LogP contribution is -2.22. The molecule has 0 fully saturated rings. The molecular formula is C14H14BrClN2OS.